The zero-order valence-electron chi connectivity index (χ0n) is 18.5. The van der Waals surface area contributed by atoms with E-state index in [0.717, 1.165) is 52.6 Å². The Morgan fingerprint density at radius 3 is 1.39 bits per heavy atom. The van der Waals surface area contributed by atoms with Crippen LogP contribution in [0, 0.1) is 0 Å². The monoisotopic (exact) mass is 430 g/mol. The van der Waals surface area contributed by atoms with Gasteiger partial charge in [-0.3, -0.25) is 0 Å². The zero-order valence-corrected chi connectivity index (χ0v) is 18.5. The van der Waals surface area contributed by atoms with Crippen LogP contribution in [0.3, 0.4) is 0 Å². The van der Waals surface area contributed by atoms with Gasteiger partial charge in [0.15, 0.2) is 0 Å². The van der Waals surface area contributed by atoms with Crippen LogP contribution in [0.2, 0.25) is 0 Å². The molecule has 0 unspecified atom stereocenters. The summed E-state index contributed by atoms with van der Waals surface area (Å²) in [6.07, 6.45) is 3.07. The number of fused-ring (bicyclic) bond motifs is 3. The minimum absolute atomic E-state index is 0.0977. The van der Waals surface area contributed by atoms with E-state index in [4.69, 9.17) is 0 Å². The Morgan fingerprint density at radius 2 is 0.939 bits per heavy atom. The van der Waals surface area contributed by atoms with E-state index in [-0.39, 0.29) is 13.2 Å². The second-order valence-corrected chi connectivity index (χ2v) is 8.89. The van der Waals surface area contributed by atoms with Gasteiger partial charge in [0, 0.05) is 0 Å². The van der Waals surface area contributed by atoms with Gasteiger partial charge in [-0.1, -0.05) is 84.9 Å². The summed E-state index contributed by atoms with van der Waals surface area (Å²) in [5, 5.41) is 26.1. The molecule has 0 heterocycles. The van der Waals surface area contributed by atoms with Crippen LogP contribution >= 0.6 is 0 Å². The minimum Gasteiger partial charge on any atom is -0.392 e. The van der Waals surface area contributed by atoms with Crippen molar-refractivity contribution in [1.82, 2.24) is 0 Å². The van der Waals surface area contributed by atoms with Crippen LogP contribution in [-0.2, 0) is 26.1 Å². The Kier molecular flexibility index (Phi) is 4.98. The Labute approximate surface area is 193 Å². The molecule has 33 heavy (non-hydrogen) atoms. The largest absolute Gasteiger partial charge is 0.392 e. The molecule has 0 saturated carbocycles. The maximum absolute atomic E-state index is 10.7. The minimum atomic E-state index is -0.0977. The van der Waals surface area contributed by atoms with Crippen LogP contribution in [0.25, 0.3) is 43.8 Å². The van der Waals surface area contributed by atoms with E-state index >= 15 is 0 Å². The smallest absolute Gasteiger partial charge is 0.0691 e. The van der Waals surface area contributed by atoms with Crippen molar-refractivity contribution in [3.8, 4) is 22.3 Å². The highest BCUT2D eigenvalue weighted by Gasteiger charge is 2.28. The van der Waals surface area contributed by atoms with E-state index in [0.29, 0.717) is 0 Å². The molecule has 0 fully saturated rings. The number of hydrogen-bond acceptors (Lipinski definition) is 2. The fourth-order valence-corrected chi connectivity index (χ4v) is 5.85. The van der Waals surface area contributed by atoms with Crippen molar-refractivity contribution in [2.45, 2.75) is 32.5 Å². The SMILES string of the molecule is OCc1c(CO)c(-c2cccc3ccccc23)c2c(c1-c1cccc3ccccc13)CCC2. The third-order valence-corrected chi connectivity index (χ3v) is 7.22. The molecular formula is C31H26O2. The van der Waals surface area contributed by atoms with Crippen LogP contribution in [0.15, 0.2) is 84.9 Å². The highest BCUT2D eigenvalue weighted by atomic mass is 16.3. The molecular weight excluding hydrogens is 404 g/mol. The average Bonchev–Trinajstić information content (AvgIpc) is 3.36. The molecule has 0 saturated heterocycles. The van der Waals surface area contributed by atoms with Crippen molar-refractivity contribution in [1.29, 1.82) is 0 Å². The molecule has 2 N–H and O–H groups in total. The third kappa shape index (κ3) is 3.10. The Balaban J connectivity index is 1.74. The molecule has 5 aromatic carbocycles. The molecule has 0 radical (unpaired) electrons. The van der Waals surface area contributed by atoms with Gasteiger partial charge in [0.1, 0.15) is 0 Å². The molecule has 0 bridgehead atoms. The first-order chi connectivity index (χ1) is 16.3. The number of hydrogen-bond donors (Lipinski definition) is 2. The van der Waals surface area contributed by atoms with Gasteiger partial charge in [-0.15, -0.1) is 0 Å². The Morgan fingerprint density at radius 1 is 0.515 bits per heavy atom. The summed E-state index contributed by atoms with van der Waals surface area (Å²) in [4.78, 5) is 0. The van der Waals surface area contributed by atoms with E-state index in [1.807, 2.05) is 0 Å². The molecule has 2 nitrogen and oxygen atoms in total. The van der Waals surface area contributed by atoms with Crippen molar-refractivity contribution in [2.75, 3.05) is 0 Å². The maximum atomic E-state index is 10.7. The van der Waals surface area contributed by atoms with E-state index in [1.165, 1.54) is 32.7 Å². The fourth-order valence-electron chi connectivity index (χ4n) is 5.85. The summed E-state index contributed by atoms with van der Waals surface area (Å²) in [7, 11) is 0. The van der Waals surface area contributed by atoms with Gasteiger partial charge >= 0.3 is 0 Å². The standard InChI is InChI=1S/C31H26O2/c32-18-28-29(19-33)31(25-15-6-11-21-9-2-4-13-23(21)25)27-17-7-16-26(27)30(28)24-14-5-10-20-8-1-3-12-22(20)24/h1-6,8-15,32-33H,7,16-19H2. The van der Waals surface area contributed by atoms with Crippen LogP contribution < -0.4 is 0 Å². The molecule has 162 valence electrons. The molecule has 5 aromatic rings. The van der Waals surface area contributed by atoms with Gasteiger partial charge in [0.05, 0.1) is 13.2 Å². The fraction of sp³-hybridized carbons (Fsp3) is 0.161. The van der Waals surface area contributed by atoms with Gasteiger partial charge in [0.2, 0.25) is 0 Å². The quantitative estimate of drug-likeness (QED) is 0.329. The molecule has 0 aliphatic heterocycles. The van der Waals surface area contributed by atoms with Gasteiger partial charge in [-0.05, 0) is 85.3 Å². The number of aliphatic hydroxyl groups is 2. The first-order valence-corrected chi connectivity index (χ1v) is 11.7. The maximum Gasteiger partial charge on any atom is 0.0691 e. The Hall–Kier alpha value is -3.46. The normalized spacial score (nSPS) is 13.0. The van der Waals surface area contributed by atoms with Crippen molar-refractivity contribution >= 4 is 21.5 Å². The van der Waals surface area contributed by atoms with Crippen LogP contribution in [0.1, 0.15) is 28.7 Å². The van der Waals surface area contributed by atoms with Crippen molar-refractivity contribution in [2.24, 2.45) is 0 Å². The molecule has 1 aliphatic carbocycles. The van der Waals surface area contributed by atoms with E-state index in [2.05, 4.69) is 84.9 Å². The van der Waals surface area contributed by atoms with Crippen molar-refractivity contribution in [3.05, 3.63) is 107 Å². The average molecular weight is 431 g/mol. The highest BCUT2D eigenvalue weighted by Crippen LogP contribution is 2.47. The predicted molar refractivity (Wildman–Crippen MR) is 136 cm³/mol. The van der Waals surface area contributed by atoms with Crippen molar-refractivity contribution < 1.29 is 10.2 Å². The lowest BCUT2D eigenvalue weighted by atomic mass is 9.81. The second kappa shape index (κ2) is 8.15. The lowest BCUT2D eigenvalue weighted by molar-refractivity contribution is 0.261. The number of benzene rings is 5. The molecule has 1 aliphatic rings. The van der Waals surface area contributed by atoms with Crippen LogP contribution in [0.4, 0.5) is 0 Å². The molecule has 0 amide bonds. The van der Waals surface area contributed by atoms with E-state index in [1.54, 1.807) is 0 Å². The predicted octanol–water partition coefficient (Wildman–Crippen LogP) is 6.80. The van der Waals surface area contributed by atoms with Crippen molar-refractivity contribution in [3.63, 3.8) is 0 Å². The zero-order chi connectivity index (χ0) is 22.4. The summed E-state index contributed by atoms with van der Waals surface area (Å²) in [5.41, 5.74) is 8.91. The van der Waals surface area contributed by atoms with Gasteiger partial charge < -0.3 is 10.2 Å². The van der Waals surface area contributed by atoms with Gasteiger partial charge in [-0.2, -0.15) is 0 Å². The first kappa shape index (κ1) is 20.2. The Bertz CT molecular complexity index is 1390. The summed E-state index contributed by atoms with van der Waals surface area (Å²) in [6.45, 7) is -0.195. The topological polar surface area (TPSA) is 40.5 Å². The highest BCUT2D eigenvalue weighted by molar-refractivity contribution is 6.02. The molecule has 0 aromatic heterocycles. The molecule has 2 heteroatoms. The summed E-state index contributed by atoms with van der Waals surface area (Å²) < 4.78 is 0. The van der Waals surface area contributed by atoms with E-state index < -0.39 is 0 Å². The number of aliphatic hydroxyl groups excluding tert-OH is 2. The van der Waals surface area contributed by atoms with Crippen LogP contribution in [0.5, 0.6) is 0 Å². The van der Waals surface area contributed by atoms with Crippen LogP contribution in [-0.4, -0.2) is 10.2 Å². The first-order valence-electron chi connectivity index (χ1n) is 11.7. The number of rotatable bonds is 4. The molecule has 6 rings (SSSR count). The molecule has 0 spiro atoms. The van der Waals surface area contributed by atoms with Gasteiger partial charge in [0.25, 0.3) is 0 Å². The third-order valence-electron chi connectivity index (χ3n) is 7.22. The summed E-state index contributed by atoms with van der Waals surface area (Å²) in [6, 6.07) is 29.6. The van der Waals surface area contributed by atoms with E-state index in [9.17, 15) is 10.2 Å². The second-order valence-electron chi connectivity index (χ2n) is 8.89. The summed E-state index contributed by atoms with van der Waals surface area (Å²) in [5.74, 6) is 0. The lowest BCUT2D eigenvalue weighted by Crippen LogP contribution is -2.07. The molecule has 0 atom stereocenters. The lowest BCUT2D eigenvalue weighted by Gasteiger charge is -2.24. The van der Waals surface area contributed by atoms with Gasteiger partial charge in [-0.25, -0.2) is 0 Å². The summed E-state index contributed by atoms with van der Waals surface area (Å²) >= 11 is 0.